The molecule has 5 nitrogen and oxygen atoms in total. The average Bonchev–Trinajstić information content (AvgIpc) is 2.94. The molecule has 2 atom stereocenters. The van der Waals surface area contributed by atoms with E-state index < -0.39 is 0 Å². The summed E-state index contributed by atoms with van der Waals surface area (Å²) in [4.78, 5) is 18.4. The standard InChI is InChI=1S/C15H24N4O/c1-3-5-13-10-14(18-17-13)15(20)19(4-2)11-12-6-8-16-9-7-12/h6-9,13-14,17-18H,3-5,10-11H2,1-2H3. The van der Waals surface area contributed by atoms with E-state index in [1.807, 2.05) is 24.0 Å². The van der Waals surface area contributed by atoms with E-state index in [4.69, 9.17) is 0 Å². The minimum absolute atomic E-state index is 0.103. The molecule has 110 valence electrons. The lowest BCUT2D eigenvalue weighted by atomic mass is 10.1. The Labute approximate surface area is 120 Å². The van der Waals surface area contributed by atoms with Crippen molar-refractivity contribution in [2.45, 2.75) is 51.7 Å². The lowest BCUT2D eigenvalue weighted by molar-refractivity contribution is -0.133. The molecule has 2 unspecified atom stereocenters. The van der Waals surface area contributed by atoms with Crippen LogP contribution in [0.25, 0.3) is 0 Å². The number of pyridine rings is 1. The van der Waals surface area contributed by atoms with Crippen LogP contribution in [0.4, 0.5) is 0 Å². The highest BCUT2D eigenvalue weighted by atomic mass is 16.2. The fourth-order valence-electron chi connectivity index (χ4n) is 2.60. The van der Waals surface area contributed by atoms with Crippen molar-refractivity contribution in [1.29, 1.82) is 0 Å². The molecule has 0 radical (unpaired) electrons. The van der Waals surface area contributed by atoms with Gasteiger partial charge in [-0.2, -0.15) is 0 Å². The number of aromatic nitrogens is 1. The van der Waals surface area contributed by atoms with Gasteiger partial charge in [-0.1, -0.05) is 13.3 Å². The van der Waals surface area contributed by atoms with Crippen LogP contribution in [0.3, 0.4) is 0 Å². The maximum absolute atomic E-state index is 12.5. The van der Waals surface area contributed by atoms with Gasteiger partial charge in [-0.05, 0) is 37.5 Å². The zero-order valence-corrected chi connectivity index (χ0v) is 12.3. The van der Waals surface area contributed by atoms with Gasteiger partial charge in [0.05, 0.1) is 0 Å². The van der Waals surface area contributed by atoms with Gasteiger partial charge in [0.15, 0.2) is 0 Å². The molecule has 0 aromatic carbocycles. The molecule has 20 heavy (non-hydrogen) atoms. The van der Waals surface area contributed by atoms with Crippen LogP contribution >= 0.6 is 0 Å². The smallest absolute Gasteiger partial charge is 0.241 e. The third-order valence-electron chi connectivity index (χ3n) is 3.73. The third kappa shape index (κ3) is 3.77. The number of hydrazine groups is 1. The van der Waals surface area contributed by atoms with Gasteiger partial charge in [0.1, 0.15) is 6.04 Å². The van der Waals surface area contributed by atoms with Crippen molar-refractivity contribution in [1.82, 2.24) is 20.7 Å². The zero-order valence-electron chi connectivity index (χ0n) is 12.3. The molecule has 2 N–H and O–H groups in total. The Morgan fingerprint density at radius 1 is 1.35 bits per heavy atom. The number of carbonyl (C=O) groups excluding carboxylic acids is 1. The number of nitrogens with one attached hydrogen (secondary N) is 2. The van der Waals surface area contributed by atoms with E-state index in [2.05, 4.69) is 22.8 Å². The van der Waals surface area contributed by atoms with Crippen LogP contribution in [0.2, 0.25) is 0 Å². The van der Waals surface area contributed by atoms with Crippen molar-refractivity contribution in [3.05, 3.63) is 30.1 Å². The Morgan fingerprint density at radius 2 is 2.10 bits per heavy atom. The monoisotopic (exact) mass is 276 g/mol. The molecule has 0 bridgehead atoms. The predicted molar refractivity (Wildman–Crippen MR) is 78.7 cm³/mol. The van der Waals surface area contributed by atoms with Crippen LogP contribution in [0.15, 0.2) is 24.5 Å². The quantitative estimate of drug-likeness (QED) is 0.826. The number of rotatable bonds is 6. The SMILES string of the molecule is CCCC1CC(C(=O)N(CC)Cc2ccncc2)NN1. The summed E-state index contributed by atoms with van der Waals surface area (Å²) in [5, 5.41) is 0. The Hall–Kier alpha value is -1.46. The van der Waals surface area contributed by atoms with Crippen LogP contribution in [0, 0.1) is 0 Å². The van der Waals surface area contributed by atoms with Gasteiger partial charge >= 0.3 is 0 Å². The summed E-state index contributed by atoms with van der Waals surface area (Å²) in [5.74, 6) is 0.176. The fourth-order valence-corrected chi connectivity index (χ4v) is 2.60. The second-order valence-corrected chi connectivity index (χ2v) is 5.27. The molecular formula is C15H24N4O. The molecule has 1 saturated heterocycles. The summed E-state index contributed by atoms with van der Waals surface area (Å²) in [6, 6.07) is 4.22. The zero-order chi connectivity index (χ0) is 14.4. The largest absolute Gasteiger partial charge is 0.337 e. The number of hydrogen-bond acceptors (Lipinski definition) is 4. The van der Waals surface area contributed by atoms with Crippen molar-refractivity contribution in [2.24, 2.45) is 0 Å². The summed E-state index contributed by atoms with van der Waals surface area (Å²) < 4.78 is 0. The Bertz CT molecular complexity index is 423. The molecule has 1 aromatic heterocycles. The number of hydrogen-bond donors (Lipinski definition) is 2. The highest BCUT2D eigenvalue weighted by molar-refractivity contribution is 5.82. The van der Waals surface area contributed by atoms with Gasteiger partial charge in [-0.15, -0.1) is 0 Å². The van der Waals surface area contributed by atoms with Crippen LogP contribution in [0.1, 0.15) is 38.7 Å². The van der Waals surface area contributed by atoms with Crippen molar-refractivity contribution in [3.63, 3.8) is 0 Å². The Balaban J connectivity index is 1.92. The van der Waals surface area contributed by atoms with E-state index in [-0.39, 0.29) is 11.9 Å². The molecule has 0 aliphatic carbocycles. The van der Waals surface area contributed by atoms with Gasteiger partial charge in [0, 0.05) is 31.5 Å². The predicted octanol–water partition coefficient (Wildman–Crippen LogP) is 1.47. The van der Waals surface area contributed by atoms with Crippen LogP contribution in [0.5, 0.6) is 0 Å². The highest BCUT2D eigenvalue weighted by Gasteiger charge is 2.31. The topological polar surface area (TPSA) is 57.3 Å². The molecular weight excluding hydrogens is 252 g/mol. The molecule has 2 rings (SSSR count). The van der Waals surface area contributed by atoms with Crippen molar-refractivity contribution in [2.75, 3.05) is 6.54 Å². The molecule has 1 aliphatic heterocycles. The highest BCUT2D eigenvalue weighted by Crippen LogP contribution is 2.14. The third-order valence-corrected chi connectivity index (χ3v) is 3.73. The van der Waals surface area contributed by atoms with Crippen LogP contribution in [-0.4, -0.2) is 34.4 Å². The summed E-state index contributed by atoms with van der Waals surface area (Å²) in [6.45, 7) is 5.55. The molecule has 5 heteroatoms. The fraction of sp³-hybridized carbons (Fsp3) is 0.600. The maximum Gasteiger partial charge on any atom is 0.241 e. The van der Waals surface area contributed by atoms with Gasteiger partial charge in [0.25, 0.3) is 0 Å². The van der Waals surface area contributed by atoms with E-state index in [9.17, 15) is 4.79 Å². The first-order valence-corrected chi connectivity index (χ1v) is 7.43. The van der Waals surface area contributed by atoms with E-state index in [0.717, 1.165) is 31.4 Å². The number of likely N-dealkylation sites (N-methyl/N-ethyl adjacent to an activating group) is 1. The summed E-state index contributed by atoms with van der Waals surface area (Å²) in [7, 11) is 0. The number of nitrogens with zero attached hydrogens (tertiary/aromatic N) is 2. The molecule has 1 aromatic rings. The first-order valence-electron chi connectivity index (χ1n) is 7.43. The first-order chi connectivity index (χ1) is 9.74. The average molecular weight is 276 g/mol. The lowest BCUT2D eigenvalue weighted by Crippen LogP contribution is -2.45. The minimum atomic E-state index is -0.103. The molecule has 1 fully saturated rings. The molecule has 0 saturated carbocycles. The summed E-state index contributed by atoms with van der Waals surface area (Å²) in [5.41, 5.74) is 7.48. The Morgan fingerprint density at radius 3 is 2.75 bits per heavy atom. The van der Waals surface area contributed by atoms with E-state index in [1.54, 1.807) is 12.4 Å². The second-order valence-electron chi connectivity index (χ2n) is 5.27. The van der Waals surface area contributed by atoms with E-state index >= 15 is 0 Å². The minimum Gasteiger partial charge on any atom is -0.337 e. The second kappa shape index (κ2) is 7.36. The number of amides is 1. The van der Waals surface area contributed by atoms with Crippen molar-refractivity contribution < 1.29 is 4.79 Å². The van der Waals surface area contributed by atoms with Gasteiger partial charge < -0.3 is 4.90 Å². The summed E-state index contributed by atoms with van der Waals surface area (Å²) in [6.07, 6.45) is 6.64. The molecule has 1 aliphatic rings. The normalized spacial score (nSPS) is 21.9. The molecule has 2 heterocycles. The van der Waals surface area contributed by atoms with Gasteiger partial charge in [-0.25, -0.2) is 5.43 Å². The lowest BCUT2D eigenvalue weighted by Gasteiger charge is -2.24. The maximum atomic E-state index is 12.5. The van der Waals surface area contributed by atoms with Gasteiger partial charge in [-0.3, -0.25) is 15.2 Å². The van der Waals surface area contributed by atoms with Crippen LogP contribution in [-0.2, 0) is 11.3 Å². The van der Waals surface area contributed by atoms with Crippen molar-refractivity contribution >= 4 is 5.91 Å². The first kappa shape index (κ1) is 14.9. The Kier molecular flexibility index (Phi) is 5.49. The van der Waals surface area contributed by atoms with Gasteiger partial charge in [0.2, 0.25) is 5.91 Å². The van der Waals surface area contributed by atoms with Crippen molar-refractivity contribution in [3.8, 4) is 0 Å². The molecule has 1 amide bonds. The summed E-state index contributed by atoms with van der Waals surface area (Å²) >= 11 is 0. The number of carbonyl (C=O) groups is 1. The van der Waals surface area contributed by atoms with E-state index in [1.165, 1.54) is 0 Å². The van der Waals surface area contributed by atoms with E-state index in [0.29, 0.717) is 12.6 Å². The van der Waals surface area contributed by atoms with Crippen LogP contribution < -0.4 is 10.9 Å². The molecule has 0 spiro atoms.